The molecule has 0 saturated carbocycles. The number of amides is 2. The predicted molar refractivity (Wildman–Crippen MR) is 100 cm³/mol. The topological polar surface area (TPSA) is 76.4 Å². The molecule has 0 aromatic heterocycles. The molecule has 2 N–H and O–H groups in total. The lowest BCUT2D eigenvalue weighted by Crippen LogP contribution is -2.67. The lowest BCUT2D eigenvalue weighted by molar-refractivity contribution is 0.0169. The van der Waals surface area contributed by atoms with E-state index in [9.17, 15) is 19.6 Å². The fraction of sp³-hybridized carbons (Fsp3) is 0.333. The van der Waals surface area contributed by atoms with Crippen molar-refractivity contribution in [3.05, 3.63) is 59.9 Å². The van der Waals surface area contributed by atoms with Gasteiger partial charge in [-0.15, -0.1) is 0 Å². The summed E-state index contributed by atoms with van der Waals surface area (Å²) in [5.41, 5.74) is 2.09. The Morgan fingerprint density at radius 1 is 1.26 bits per heavy atom. The first-order valence-electron chi connectivity index (χ1n) is 9.03. The van der Waals surface area contributed by atoms with Gasteiger partial charge in [0.15, 0.2) is 0 Å². The minimum atomic E-state index is -0.640. The monoisotopic (exact) mass is 367 g/mol. The number of aliphatic hydroxyl groups excluding tert-OH is 1. The minimum absolute atomic E-state index is 0.225. The second-order valence-corrected chi connectivity index (χ2v) is 6.59. The Kier molecular flexibility index (Phi) is 5.72. The fourth-order valence-corrected chi connectivity index (χ4v) is 3.59. The number of nitrogens with zero attached hydrogens (tertiary/aromatic N) is 2. The number of carbonyl (C=O) groups excluding carboxylic acids is 1. The van der Waals surface area contributed by atoms with Crippen LogP contribution in [0.15, 0.2) is 48.5 Å². The molecule has 140 valence electrons. The summed E-state index contributed by atoms with van der Waals surface area (Å²) in [4.78, 5) is 13.7. The highest BCUT2D eigenvalue weighted by Gasteiger charge is 2.51. The van der Waals surface area contributed by atoms with Gasteiger partial charge in [0, 0.05) is 18.0 Å². The minimum Gasteiger partial charge on any atom is -0.394 e. The quantitative estimate of drug-likeness (QED) is 0.852. The Morgan fingerprint density at radius 2 is 1.96 bits per heavy atom. The SMILES string of the molecule is CCCNC(=O)N1[C@H](C#N)[C@@H](c2ccc(-c3ccccc3F)cc2)[C@H]1CO. The van der Waals surface area contributed by atoms with Gasteiger partial charge in [-0.25, -0.2) is 9.18 Å². The number of carbonyl (C=O) groups is 1. The molecule has 2 aromatic carbocycles. The number of benzene rings is 2. The van der Waals surface area contributed by atoms with Gasteiger partial charge in [0.05, 0.1) is 18.7 Å². The molecule has 0 spiro atoms. The molecule has 6 heteroatoms. The van der Waals surface area contributed by atoms with Crippen LogP contribution in [-0.4, -0.2) is 41.3 Å². The van der Waals surface area contributed by atoms with E-state index in [-0.39, 0.29) is 24.4 Å². The van der Waals surface area contributed by atoms with Crippen LogP contribution in [0, 0.1) is 17.1 Å². The summed E-state index contributed by atoms with van der Waals surface area (Å²) in [6.45, 7) is 2.24. The maximum absolute atomic E-state index is 14.0. The Labute approximate surface area is 158 Å². The van der Waals surface area contributed by atoms with Crippen molar-refractivity contribution in [2.45, 2.75) is 31.3 Å². The molecule has 2 aromatic rings. The summed E-state index contributed by atoms with van der Waals surface area (Å²) in [7, 11) is 0. The van der Waals surface area contributed by atoms with E-state index in [1.165, 1.54) is 11.0 Å². The molecule has 0 bridgehead atoms. The van der Waals surface area contributed by atoms with Gasteiger partial charge in [-0.1, -0.05) is 49.4 Å². The van der Waals surface area contributed by atoms with Crippen molar-refractivity contribution in [1.82, 2.24) is 10.2 Å². The molecule has 1 fully saturated rings. The third kappa shape index (κ3) is 3.51. The average molecular weight is 367 g/mol. The smallest absolute Gasteiger partial charge is 0.318 e. The highest BCUT2D eigenvalue weighted by atomic mass is 19.1. The van der Waals surface area contributed by atoms with E-state index in [0.29, 0.717) is 12.1 Å². The third-order valence-corrected chi connectivity index (χ3v) is 4.97. The highest BCUT2D eigenvalue weighted by Crippen LogP contribution is 2.41. The predicted octanol–water partition coefficient (Wildman–Crippen LogP) is 3.26. The van der Waals surface area contributed by atoms with Crippen LogP contribution in [-0.2, 0) is 0 Å². The van der Waals surface area contributed by atoms with Gasteiger partial charge in [-0.05, 0) is 23.6 Å². The maximum atomic E-state index is 14.0. The number of rotatable bonds is 5. The van der Waals surface area contributed by atoms with E-state index < -0.39 is 12.1 Å². The number of likely N-dealkylation sites (tertiary alicyclic amines) is 1. The summed E-state index contributed by atoms with van der Waals surface area (Å²) in [6.07, 6.45) is 0.793. The molecule has 0 unspecified atom stereocenters. The van der Waals surface area contributed by atoms with Crippen LogP contribution < -0.4 is 5.32 Å². The van der Waals surface area contributed by atoms with Gasteiger partial charge in [-0.3, -0.25) is 0 Å². The second-order valence-electron chi connectivity index (χ2n) is 6.59. The molecule has 27 heavy (non-hydrogen) atoms. The van der Waals surface area contributed by atoms with Crippen molar-refractivity contribution < 1.29 is 14.3 Å². The van der Waals surface area contributed by atoms with Crippen molar-refractivity contribution in [2.75, 3.05) is 13.2 Å². The van der Waals surface area contributed by atoms with Gasteiger partial charge in [0.25, 0.3) is 0 Å². The number of urea groups is 1. The molecule has 0 aliphatic carbocycles. The van der Waals surface area contributed by atoms with Crippen molar-refractivity contribution in [1.29, 1.82) is 5.26 Å². The van der Waals surface area contributed by atoms with Crippen LogP contribution in [0.3, 0.4) is 0 Å². The zero-order valence-electron chi connectivity index (χ0n) is 15.1. The summed E-state index contributed by atoms with van der Waals surface area (Å²) in [5.74, 6) is -0.571. The van der Waals surface area contributed by atoms with E-state index in [2.05, 4.69) is 11.4 Å². The standard InChI is InChI=1S/C21H22FN3O2/c1-2-11-24-21(27)25-18(12-23)20(19(25)13-26)15-9-7-14(8-10-15)16-5-3-4-6-17(16)22/h3-10,18-20,26H,2,11,13H2,1H3,(H,24,27)/t18-,19-,20-/m1/s1. The Balaban J connectivity index is 1.82. The largest absolute Gasteiger partial charge is 0.394 e. The number of aliphatic hydroxyl groups is 1. The number of nitrogens with one attached hydrogen (secondary N) is 1. The van der Waals surface area contributed by atoms with Crippen LogP contribution in [0.5, 0.6) is 0 Å². The Hall–Kier alpha value is -2.91. The summed E-state index contributed by atoms with van der Waals surface area (Å²) in [5, 5.41) is 22.1. The van der Waals surface area contributed by atoms with Gasteiger partial charge in [-0.2, -0.15) is 5.26 Å². The zero-order valence-corrected chi connectivity index (χ0v) is 15.1. The second kappa shape index (κ2) is 8.19. The van der Waals surface area contributed by atoms with E-state index in [1.807, 2.05) is 19.1 Å². The van der Waals surface area contributed by atoms with E-state index in [4.69, 9.17) is 0 Å². The molecule has 1 aliphatic rings. The molecular formula is C21H22FN3O2. The van der Waals surface area contributed by atoms with E-state index >= 15 is 0 Å². The maximum Gasteiger partial charge on any atom is 0.318 e. The van der Waals surface area contributed by atoms with E-state index in [0.717, 1.165) is 17.5 Å². The van der Waals surface area contributed by atoms with Crippen molar-refractivity contribution in [3.63, 3.8) is 0 Å². The number of halogens is 1. The highest BCUT2D eigenvalue weighted by molar-refractivity contribution is 5.77. The van der Waals surface area contributed by atoms with Crippen LogP contribution >= 0.6 is 0 Å². The van der Waals surface area contributed by atoms with Crippen molar-refractivity contribution in [3.8, 4) is 17.2 Å². The fourth-order valence-electron chi connectivity index (χ4n) is 3.59. The lowest BCUT2D eigenvalue weighted by atomic mass is 9.76. The molecule has 5 nitrogen and oxygen atoms in total. The summed E-state index contributed by atoms with van der Waals surface area (Å²) < 4.78 is 14.0. The average Bonchev–Trinajstić information content (AvgIpc) is 2.67. The van der Waals surface area contributed by atoms with E-state index in [1.54, 1.807) is 30.3 Å². The number of nitriles is 1. The molecular weight excluding hydrogens is 345 g/mol. The van der Waals surface area contributed by atoms with Crippen LogP contribution in [0.2, 0.25) is 0 Å². The molecule has 3 atom stereocenters. The first-order valence-corrected chi connectivity index (χ1v) is 9.03. The molecule has 0 radical (unpaired) electrons. The first kappa shape index (κ1) is 18.9. The number of hydrogen-bond donors (Lipinski definition) is 2. The summed E-state index contributed by atoms with van der Waals surface area (Å²) in [6, 6.07) is 14.6. The van der Waals surface area contributed by atoms with Gasteiger partial charge in [0.1, 0.15) is 11.9 Å². The molecule has 2 amide bonds. The Morgan fingerprint density at radius 3 is 2.56 bits per heavy atom. The van der Waals surface area contributed by atoms with Crippen molar-refractivity contribution in [2.24, 2.45) is 0 Å². The van der Waals surface area contributed by atoms with Crippen LogP contribution in [0.1, 0.15) is 24.8 Å². The number of hydrogen-bond acceptors (Lipinski definition) is 3. The van der Waals surface area contributed by atoms with Crippen molar-refractivity contribution >= 4 is 6.03 Å². The van der Waals surface area contributed by atoms with Crippen LogP contribution in [0.25, 0.3) is 11.1 Å². The van der Waals surface area contributed by atoms with Gasteiger partial charge in [0.2, 0.25) is 0 Å². The molecule has 1 saturated heterocycles. The third-order valence-electron chi connectivity index (χ3n) is 4.97. The normalized spacial score (nSPS) is 21.3. The van der Waals surface area contributed by atoms with Gasteiger partial charge < -0.3 is 15.3 Å². The van der Waals surface area contributed by atoms with Gasteiger partial charge >= 0.3 is 6.03 Å². The zero-order chi connectivity index (χ0) is 19.4. The molecule has 1 heterocycles. The molecule has 3 rings (SSSR count). The van der Waals surface area contributed by atoms with Crippen LogP contribution in [0.4, 0.5) is 9.18 Å². The Bertz CT molecular complexity index is 847. The lowest BCUT2D eigenvalue weighted by Gasteiger charge is -2.51. The first-order chi connectivity index (χ1) is 13.1. The summed E-state index contributed by atoms with van der Waals surface area (Å²) >= 11 is 0. The molecule has 1 aliphatic heterocycles.